The first-order chi connectivity index (χ1) is 9.39. The molecule has 0 radical (unpaired) electrons. The van der Waals surface area contributed by atoms with E-state index in [4.69, 9.17) is 0 Å². The Morgan fingerprint density at radius 1 is 1.25 bits per heavy atom. The second kappa shape index (κ2) is 7.67. The van der Waals surface area contributed by atoms with Gasteiger partial charge in [0.05, 0.1) is 0 Å². The molecular formula is C14H25N3O2S. The van der Waals surface area contributed by atoms with Crippen LogP contribution < -0.4 is 5.32 Å². The number of hydrazone groups is 1. The van der Waals surface area contributed by atoms with Crippen LogP contribution in [-0.2, 0) is 9.59 Å². The van der Waals surface area contributed by atoms with E-state index in [0.717, 1.165) is 12.8 Å². The predicted molar refractivity (Wildman–Crippen MR) is 83.1 cm³/mol. The van der Waals surface area contributed by atoms with Crippen molar-refractivity contribution in [2.45, 2.75) is 71.1 Å². The number of hydrogen-bond acceptors (Lipinski definition) is 4. The van der Waals surface area contributed by atoms with E-state index in [1.165, 1.54) is 56.3 Å². The first kappa shape index (κ1) is 17.0. The fraction of sp³-hybridized carbons (Fsp3) is 0.786. The van der Waals surface area contributed by atoms with Crippen molar-refractivity contribution in [3.05, 3.63) is 0 Å². The molecule has 1 heterocycles. The van der Waals surface area contributed by atoms with Crippen LogP contribution in [0.4, 0.5) is 0 Å². The Morgan fingerprint density at radius 3 is 2.45 bits per heavy atom. The van der Waals surface area contributed by atoms with Gasteiger partial charge >= 0.3 is 0 Å². The lowest BCUT2D eigenvalue weighted by molar-refractivity contribution is -0.131. The number of thioether (sulfide) groups is 1. The molecule has 1 aliphatic heterocycles. The summed E-state index contributed by atoms with van der Waals surface area (Å²) in [6, 6.07) is 0. The van der Waals surface area contributed by atoms with E-state index < -0.39 is 0 Å². The number of carbonyl (C=O) groups excluding carboxylic acids is 2. The Hall–Kier alpha value is -1.04. The lowest BCUT2D eigenvalue weighted by atomic mass is 10.1. The molecule has 0 fully saturated rings. The molecule has 1 unspecified atom stereocenters. The van der Waals surface area contributed by atoms with Crippen molar-refractivity contribution in [1.82, 2.24) is 10.3 Å². The van der Waals surface area contributed by atoms with Crippen molar-refractivity contribution in [3.63, 3.8) is 0 Å². The van der Waals surface area contributed by atoms with Gasteiger partial charge < -0.3 is 5.32 Å². The lowest BCUT2D eigenvalue weighted by Crippen LogP contribution is -2.40. The van der Waals surface area contributed by atoms with Gasteiger partial charge in [-0.3, -0.25) is 9.59 Å². The van der Waals surface area contributed by atoms with Gasteiger partial charge in [0.15, 0.2) is 5.17 Å². The molecule has 0 aromatic heterocycles. The van der Waals surface area contributed by atoms with Crippen LogP contribution >= 0.6 is 11.8 Å². The summed E-state index contributed by atoms with van der Waals surface area (Å²) in [6.07, 6.45) is 6.83. The summed E-state index contributed by atoms with van der Waals surface area (Å²) >= 11 is 1.46. The minimum Gasteiger partial charge on any atom is -0.304 e. The minimum atomic E-state index is -0.379. The first-order valence-corrected chi connectivity index (χ1v) is 8.06. The zero-order valence-corrected chi connectivity index (χ0v) is 13.7. The molecule has 6 heteroatoms. The second-order valence-corrected chi connectivity index (χ2v) is 6.83. The monoisotopic (exact) mass is 299 g/mol. The van der Waals surface area contributed by atoms with E-state index >= 15 is 0 Å². The van der Waals surface area contributed by atoms with Gasteiger partial charge in [0.25, 0.3) is 0 Å². The van der Waals surface area contributed by atoms with Gasteiger partial charge in [0.2, 0.25) is 11.8 Å². The van der Waals surface area contributed by atoms with Gasteiger partial charge in [-0.1, -0.05) is 50.8 Å². The maximum absolute atomic E-state index is 11.7. The quantitative estimate of drug-likeness (QED) is 0.767. The molecule has 1 rings (SSSR count). The van der Waals surface area contributed by atoms with Crippen LogP contribution in [-0.4, -0.2) is 26.9 Å². The number of nitrogens with zero attached hydrogens (tertiary/aromatic N) is 2. The zero-order valence-electron chi connectivity index (χ0n) is 12.9. The van der Waals surface area contributed by atoms with Gasteiger partial charge in [-0.25, -0.2) is 5.01 Å². The largest absolute Gasteiger partial charge is 0.304 e. The van der Waals surface area contributed by atoms with Crippen molar-refractivity contribution in [1.29, 1.82) is 0 Å². The number of amidine groups is 1. The molecule has 0 aromatic carbocycles. The van der Waals surface area contributed by atoms with Gasteiger partial charge in [-0.2, -0.15) is 0 Å². The molecule has 20 heavy (non-hydrogen) atoms. The summed E-state index contributed by atoms with van der Waals surface area (Å²) in [5.74, 6) is -0.249. The van der Waals surface area contributed by atoms with E-state index in [9.17, 15) is 9.59 Å². The molecule has 0 saturated heterocycles. The van der Waals surface area contributed by atoms with E-state index in [-0.39, 0.29) is 16.7 Å². The van der Waals surface area contributed by atoms with Crippen LogP contribution in [0.1, 0.15) is 66.2 Å². The summed E-state index contributed by atoms with van der Waals surface area (Å²) in [7, 11) is 0. The minimum absolute atomic E-state index is 0.0890. The van der Waals surface area contributed by atoms with Crippen LogP contribution in [0, 0.1) is 0 Å². The fourth-order valence-electron chi connectivity index (χ4n) is 2.29. The molecule has 114 valence electrons. The second-order valence-electron chi connectivity index (χ2n) is 5.36. The highest BCUT2D eigenvalue weighted by Crippen LogP contribution is 2.40. The molecule has 0 bridgehead atoms. The number of unbranched alkanes of at least 4 members (excludes halogenated alkanes) is 4. The van der Waals surface area contributed by atoms with E-state index in [2.05, 4.69) is 17.3 Å². The average molecular weight is 299 g/mol. The van der Waals surface area contributed by atoms with Crippen molar-refractivity contribution in [3.8, 4) is 0 Å². The van der Waals surface area contributed by atoms with E-state index in [1.54, 1.807) is 0 Å². The third kappa shape index (κ3) is 4.81. The molecule has 0 saturated carbocycles. The highest BCUT2D eigenvalue weighted by Gasteiger charge is 2.41. The molecule has 0 spiro atoms. The summed E-state index contributed by atoms with van der Waals surface area (Å²) < 4.78 is 0. The average Bonchev–Trinajstić information content (AvgIpc) is 2.65. The third-order valence-electron chi connectivity index (χ3n) is 3.28. The number of carbonyl (C=O) groups is 2. The molecular weight excluding hydrogens is 274 g/mol. The topological polar surface area (TPSA) is 61.8 Å². The smallest absolute Gasteiger partial charge is 0.240 e. The summed E-state index contributed by atoms with van der Waals surface area (Å²) in [5, 5.41) is 8.92. The first-order valence-electron chi connectivity index (χ1n) is 7.25. The van der Waals surface area contributed by atoms with Crippen LogP contribution in [0.3, 0.4) is 0 Å². The normalized spacial score (nSPS) is 21.8. The SMILES string of the molecule is CCCCCCCC1(C)SC(NC(C)=O)=NN1C(C)=O. The summed E-state index contributed by atoms with van der Waals surface area (Å²) in [4.78, 5) is 22.5. The van der Waals surface area contributed by atoms with Gasteiger partial charge in [0, 0.05) is 13.8 Å². The highest BCUT2D eigenvalue weighted by atomic mass is 32.2. The fourth-order valence-corrected chi connectivity index (χ4v) is 3.52. The Kier molecular flexibility index (Phi) is 6.52. The van der Waals surface area contributed by atoms with Crippen molar-refractivity contribution < 1.29 is 9.59 Å². The van der Waals surface area contributed by atoms with Crippen molar-refractivity contribution in [2.75, 3.05) is 0 Å². The molecule has 2 amide bonds. The van der Waals surface area contributed by atoms with Crippen molar-refractivity contribution in [2.24, 2.45) is 5.10 Å². The molecule has 1 atom stereocenters. The highest BCUT2D eigenvalue weighted by molar-refractivity contribution is 8.15. The van der Waals surface area contributed by atoms with E-state index in [1.807, 2.05) is 6.92 Å². The molecule has 0 aliphatic carbocycles. The molecule has 1 N–H and O–H groups in total. The molecule has 5 nitrogen and oxygen atoms in total. The standard InChI is InChI=1S/C14H25N3O2S/c1-5-6-7-8-9-10-14(4)17(12(3)19)16-13(20-14)15-11(2)18/h5-10H2,1-4H3,(H,15,16,18). The number of rotatable bonds is 6. The lowest BCUT2D eigenvalue weighted by Gasteiger charge is -2.30. The van der Waals surface area contributed by atoms with Crippen LogP contribution in [0.5, 0.6) is 0 Å². The summed E-state index contributed by atoms with van der Waals surface area (Å²) in [5.41, 5.74) is 0. The number of hydrogen-bond donors (Lipinski definition) is 1. The molecule has 0 aromatic rings. The Balaban J connectivity index is 2.58. The predicted octanol–water partition coefficient (Wildman–Crippen LogP) is 3.07. The van der Waals surface area contributed by atoms with Crippen molar-refractivity contribution >= 4 is 28.7 Å². The van der Waals surface area contributed by atoms with Crippen LogP contribution in [0.2, 0.25) is 0 Å². The zero-order chi connectivity index (χ0) is 15.2. The number of amides is 2. The number of nitrogens with one attached hydrogen (secondary N) is 1. The van der Waals surface area contributed by atoms with Gasteiger partial charge in [-0.05, 0) is 13.3 Å². The Labute approximate surface area is 125 Å². The summed E-state index contributed by atoms with van der Waals surface area (Å²) in [6.45, 7) is 7.16. The van der Waals surface area contributed by atoms with Crippen LogP contribution in [0.25, 0.3) is 0 Å². The maximum atomic E-state index is 11.7. The Morgan fingerprint density at radius 2 is 1.90 bits per heavy atom. The molecule has 1 aliphatic rings. The van der Waals surface area contributed by atoms with E-state index in [0.29, 0.717) is 5.17 Å². The van der Waals surface area contributed by atoms with Gasteiger partial charge in [-0.15, -0.1) is 5.10 Å². The Bertz CT molecular complexity index is 398. The van der Waals surface area contributed by atoms with Crippen LogP contribution in [0.15, 0.2) is 5.10 Å². The maximum Gasteiger partial charge on any atom is 0.240 e. The van der Waals surface area contributed by atoms with Gasteiger partial charge in [0.1, 0.15) is 4.87 Å². The third-order valence-corrected chi connectivity index (χ3v) is 4.47.